The summed E-state index contributed by atoms with van der Waals surface area (Å²) >= 11 is 0. The quantitative estimate of drug-likeness (QED) is 0.783. The highest BCUT2D eigenvalue weighted by atomic mass is 15.2. The first kappa shape index (κ1) is 14.3. The topological polar surface area (TPSA) is 27.3 Å². The Morgan fingerprint density at radius 1 is 1.28 bits per heavy atom. The van der Waals surface area contributed by atoms with Gasteiger partial charge in [-0.15, -0.1) is 0 Å². The Kier molecular flexibility index (Phi) is 5.05. The molecule has 2 fully saturated rings. The standard InChI is InChI=1S/C15H31N3/c1-13-6-4-8-15(10-13,18(2)3)12-16-11-14-7-5-9-17-14/h13-14,16-17H,4-12H2,1-3H3. The summed E-state index contributed by atoms with van der Waals surface area (Å²) in [6, 6.07) is 0.713. The van der Waals surface area contributed by atoms with Crippen LogP contribution in [0.1, 0.15) is 45.4 Å². The summed E-state index contributed by atoms with van der Waals surface area (Å²) in [5.41, 5.74) is 0.399. The van der Waals surface area contributed by atoms with Gasteiger partial charge < -0.3 is 15.5 Å². The van der Waals surface area contributed by atoms with Crippen LogP contribution in [0.5, 0.6) is 0 Å². The molecule has 106 valence electrons. The number of rotatable bonds is 5. The number of likely N-dealkylation sites (N-methyl/N-ethyl adjacent to an activating group) is 1. The van der Waals surface area contributed by atoms with Crippen molar-refractivity contribution in [2.45, 2.75) is 57.0 Å². The largest absolute Gasteiger partial charge is 0.313 e. The third kappa shape index (κ3) is 3.46. The predicted octanol–water partition coefficient (Wildman–Crippen LogP) is 1.84. The molecule has 0 amide bonds. The van der Waals surface area contributed by atoms with Crippen molar-refractivity contribution in [1.29, 1.82) is 0 Å². The molecule has 0 aromatic heterocycles. The molecule has 1 aliphatic carbocycles. The van der Waals surface area contributed by atoms with Crippen molar-refractivity contribution >= 4 is 0 Å². The van der Waals surface area contributed by atoms with Gasteiger partial charge in [0.25, 0.3) is 0 Å². The molecule has 3 heteroatoms. The second-order valence-corrected chi connectivity index (χ2v) is 6.74. The molecule has 18 heavy (non-hydrogen) atoms. The highest BCUT2D eigenvalue weighted by Gasteiger charge is 2.36. The second-order valence-electron chi connectivity index (χ2n) is 6.74. The van der Waals surface area contributed by atoms with Gasteiger partial charge in [0.2, 0.25) is 0 Å². The maximum Gasteiger partial charge on any atom is 0.0330 e. The van der Waals surface area contributed by atoms with Gasteiger partial charge in [-0.2, -0.15) is 0 Å². The summed E-state index contributed by atoms with van der Waals surface area (Å²) in [7, 11) is 4.51. The van der Waals surface area contributed by atoms with Crippen molar-refractivity contribution in [3.63, 3.8) is 0 Å². The Morgan fingerprint density at radius 3 is 2.72 bits per heavy atom. The molecule has 0 radical (unpaired) electrons. The Morgan fingerprint density at radius 2 is 2.11 bits per heavy atom. The van der Waals surface area contributed by atoms with E-state index in [9.17, 15) is 0 Å². The monoisotopic (exact) mass is 253 g/mol. The summed E-state index contributed by atoms with van der Waals surface area (Å²) in [5, 5.41) is 7.30. The van der Waals surface area contributed by atoms with Crippen molar-refractivity contribution in [2.75, 3.05) is 33.7 Å². The Labute approximate surface area is 113 Å². The van der Waals surface area contributed by atoms with Gasteiger partial charge >= 0.3 is 0 Å². The molecule has 2 N–H and O–H groups in total. The fourth-order valence-electron chi connectivity index (χ4n) is 3.77. The molecule has 1 saturated heterocycles. The van der Waals surface area contributed by atoms with Crippen LogP contribution in [-0.2, 0) is 0 Å². The van der Waals surface area contributed by atoms with Crippen molar-refractivity contribution in [1.82, 2.24) is 15.5 Å². The lowest BCUT2D eigenvalue weighted by molar-refractivity contribution is 0.0749. The van der Waals surface area contributed by atoms with E-state index < -0.39 is 0 Å². The van der Waals surface area contributed by atoms with E-state index in [0.29, 0.717) is 11.6 Å². The van der Waals surface area contributed by atoms with Crippen LogP contribution in [0.3, 0.4) is 0 Å². The Balaban J connectivity index is 1.81. The van der Waals surface area contributed by atoms with Gasteiger partial charge in [0.1, 0.15) is 0 Å². The van der Waals surface area contributed by atoms with E-state index in [1.165, 1.54) is 45.1 Å². The minimum Gasteiger partial charge on any atom is -0.313 e. The van der Waals surface area contributed by atoms with E-state index in [1.54, 1.807) is 0 Å². The normalized spacial score (nSPS) is 37.3. The lowest BCUT2D eigenvalue weighted by Crippen LogP contribution is -2.55. The van der Waals surface area contributed by atoms with Crippen LogP contribution in [0.25, 0.3) is 0 Å². The van der Waals surface area contributed by atoms with Gasteiger partial charge in [-0.05, 0) is 52.2 Å². The smallest absolute Gasteiger partial charge is 0.0330 e. The zero-order chi connectivity index (χ0) is 13.0. The van der Waals surface area contributed by atoms with Gasteiger partial charge in [0, 0.05) is 24.7 Å². The van der Waals surface area contributed by atoms with Crippen LogP contribution >= 0.6 is 0 Å². The molecule has 1 aliphatic heterocycles. The average molecular weight is 253 g/mol. The molecule has 3 nitrogen and oxygen atoms in total. The van der Waals surface area contributed by atoms with E-state index in [0.717, 1.165) is 19.0 Å². The molecule has 1 saturated carbocycles. The van der Waals surface area contributed by atoms with Crippen LogP contribution < -0.4 is 10.6 Å². The maximum absolute atomic E-state index is 3.74. The van der Waals surface area contributed by atoms with Gasteiger partial charge in [-0.25, -0.2) is 0 Å². The summed E-state index contributed by atoms with van der Waals surface area (Å²) in [6.07, 6.45) is 8.21. The minimum atomic E-state index is 0.399. The van der Waals surface area contributed by atoms with E-state index >= 15 is 0 Å². The first-order valence-corrected chi connectivity index (χ1v) is 7.74. The van der Waals surface area contributed by atoms with E-state index in [4.69, 9.17) is 0 Å². The first-order valence-electron chi connectivity index (χ1n) is 7.74. The van der Waals surface area contributed by atoms with Gasteiger partial charge in [-0.1, -0.05) is 19.8 Å². The molecule has 0 spiro atoms. The molecule has 3 unspecified atom stereocenters. The average Bonchev–Trinajstić information content (AvgIpc) is 2.82. The summed E-state index contributed by atoms with van der Waals surface area (Å²) < 4.78 is 0. The fraction of sp³-hybridized carbons (Fsp3) is 1.00. The van der Waals surface area contributed by atoms with Crippen molar-refractivity contribution < 1.29 is 0 Å². The molecule has 0 aromatic rings. The van der Waals surface area contributed by atoms with E-state index in [2.05, 4.69) is 36.6 Å². The minimum absolute atomic E-state index is 0.399. The predicted molar refractivity (Wildman–Crippen MR) is 77.9 cm³/mol. The zero-order valence-electron chi connectivity index (χ0n) is 12.5. The van der Waals surface area contributed by atoms with Gasteiger partial charge in [0.05, 0.1) is 0 Å². The van der Waals surface area contributed by atoms with Crippen LogP contribution in [0.4, 0.5) is 0 Å². The molecule has 2 aliphatic rings. The third-order valence-electron chi connectivity index (χ3n) is 5.02. The van der Waals surface area contributed by atoms with Gasteiger partial charge in [0.15, 0.2) is 0 Å². The summed E-state index contributed by atoms with van der Waals surface area (Å²) in [4.78, 5) is 2.47. The van der Waals surface area contributed by atoms with Crippen LogP contribution in [0, 0.1) is 5.92 Å². The Bertz CT molecular complexity index is 248. The molecule has 0 aromatic carbocycles. The van der Waals surface area contributed by atoms with Crippen molar-refractivity contribution in [3.05, 3.63) is 0 Å². The first-order chi connectivity index (χ1) is 8.62. The number of nitrogens with one attached hydrogen (secondary N) is 2. The molecule has 1 heterocycles. The maximum atomic E-state index is 3.74. The molecule has 2 rings (SSSR count). The number of nitrogens with zero attached hydrogens (tertiary/aromatic N) is 1. The molecule has 3 atom stereocenters. The molecular formula is C15H31N3. The SMILES string of the molecule is CC1CCCC(CNCC2CCCN2)(N(C)C)C1. The second kappa shape index (κ2) is 6.36. The highest BCUT2D eigenvalue weighted by molar-refractivity contribution is 4.95. The lowest BCUT2D eigenvalue weighted by Gasteiger charge is -2.45. The van der Waals surface area contributed by atoms with Crippen LogP contribution in [0.2, 0.25) is 0 Å². The van der Waals surface area contributed by atoms with Crippen molar-refractivity contribution in [2.24, 2.45) is 5.92 Å². The zero-order valence-corrected chi connectivity index (χ0v) is 12.5. The number of hydrogen-bond donors (Lipinski definition) is 2. The van der Waals surface area contributed by atoms with E-state index in [1.807, 2.05) is 0 Å². The molecule has 0 bridgehead atoms. The number of hydrogen-bond acceptors (Lipinski definition) is 3. The van der Waals surface area contributed by atoms with Gasteiger partial charge in [-0.3, -0.25) is 0 Å². The van der Waals surface area contributed by atoms with E-state index in [-0.39, 0.29) is 0 Å². The van der Waals surface area contributed by atoms with Crippen LogP contribution in [-0.4, -0.2) is 50.2 Å². The Hall–Kier alpha value is -0.120. The van der Waals surface area contributed by atoms with Crippen molar-refractivity contribution in [3.8, 4) is 0 Å². The lowest BCUT2D eigenvalue weighted by atomic mass is 9.75. The molecular weight excluding hydrogens is 222 g/mol. The van der Waals surface area contributed by atoms with Crippen LogP contribution in [0.15, 0.2) is 0 Å². The summed E-state index contributed by atoms with van der Waals surface area (Å²) in [6.45, 7) is 5.92. The highest BCUT2D eigenvalue weighted by Crippen LogP contribution is 2.35. The summed E-state index contributed by atoms with van der Waals surface area (Å²) in [5.74, 6) is 0.882. The fourth-order valence-corrected chi connectivity index (χ4v) is 3.77. The third-order valence-corrected chi connectivity index (χ3v) is 5.02.